The van der Waals surface area contributed by atoms with Gasteiger partial charge in [-0.1, -0.05) is 13.8 Å². The molecule has 1 aromatic carbocycles. The molecule has 0 unspecified atom stereocenters. The molecule has 0 spiro atoms. The van der Waals surface area contributed by atoms with E-state index in [1.54, 1.807) is 19.1 Å². The number of hydrogen-bond donors (Lipinski definition) is 2. The minimum atomic E-state index is -0.503. The molecule has 1 fully saturated rings. The zero-order valence-corrected chi connectivity index (χ0v) is 15.7. The summed E-state index contributed by atoms with van der Waals surface area (Å²) in [5.74, 6) is 0.395. The summed E-state index contributed by atoms with van der Waals surface area (Å²) in [6.45, 7) is 8.69. The number of carbonyl (C=O) groups excluding carboxylic acids is 1. The van der Waals surface area contributed by atoms with Crippen LogP contribution < -0.4 is 16.0 Å². The van der Waals surface area contributed by atoms with Crippen LogP contribution in [0.15, 0.2) is 18.2 Å². The molecular formula is C20H27FN4O. The summed E-state index contributed by atoms with van der Waals surface area (Å²) in [4.78, 5) is 18.7. The van der Waals surface area contributed by atoms with Gasteiger partial charge in [-0.25, -0.2) is 9.37 Å². The molecule has 0 bridgehead atoms. The van der Waals surface area contributed by atoms with Crippen LogP contribution in [0, 0.1) is 18.7 Å². The number of nitrogens with zero attached hydrogens (tertiary/aromatic N) is 2. The van der Waals surface area contributed by atoms with E-state index in [4.69, 9.17) is 5.73 Å². The third-order valence-corrected chi connectivity index (χ3v) is 5.03. The number of pyridine rings is 1. The molecule has 2 aromatic rings. The first-order valence-corrected chi connectivity index (χ1v) is 9.24. The maximum atomic E-state index is 13.9. The van der Waals surface area contributed by atoms with Gasteiger partial charge in [0.25, 0.3) is 5.91 Å². The van der Waals surface area contributed by atoms with Gasteiger partial charge in [0.2, 0.25) is 0 Å². The van der Waals surface area contributed by atoms with Gasteiger partial charge in [0.15, 0.2) is 0 Å². The van der Waals surface area contributed by atoms with Gasteiger partial charge in [-0.2, -0.15) is 0 Å². The number of anilines is 1. The number of piperidine rings is 1. The van der Waals surface area contributed by atoms with Crippen LogP contribution in [0.25, 0.3) is 10.9 Å². The molecule has 6 heteroatoms. The van der Waals surface area contributed by atoms with Crippen molar-refractivity contribution in [2.24, 2.45) is 11.7 Å². The smallest absolute Gasteiger partial charge is 0.252 e. The van der Waals surface area contributed by atoms with Crippen molar-refractivity contribution in [1.82, 2.24) is 10.3 Å². The molecule has 140 valence electrons. The van der Waals surface area contributed by atoms with Crippen molar-refractivity contribution >= 4 is 22.6 Å². The normalized spacial score (nSPS) is 15.8. The van der Waals surface area contributed by atoms with E-state index in [1.807, 2.05) is 0 Å². The predicted molar refractivity (Wildman–Crippen MR) is 103 cm³/mol. The number of aromatic nitrogens is 1. The van der Waals surface area contributed by atoms with Crippen molar-refractivity contribution in [2.75, 3.05) is 24.5 Å². The van der Waals surface area contributed by atoms with E-state index in [0.29, 0.717) is 34.4 Å². The fraction of sp³-hybridized carbons (Fsp3) is 0.500. The summed E-state index contributed by atoms with van der Waals surface area (Å²) in [5.41, 5.74) is 7.08. The Hall–Kier alpha value is -2.21. The maximum Gasteiger partial charge on any atom is 0.252 e. The topological polar surface area (TPSA) is 71.2 Å². The highest BCUT2D eigenvalue weighted by molar-refractivity contribution is 6.02. The number of aryl methyl sites for hydroxylation is 1. The average Bonchev–Trinajstić information content (AvgIpc) is 2.62. The minimum absolute atomic E-state index is 0.292. The third kappa shape index (κ3) is 3.80. The van der Waals surface area contributed by atoms with E-state index in [2.05, 4.69) is 29.0 Å². The number of halogens is 1. The fourth-order valence-electron chi connectivity index (χ4n) is 3.47. The molecule has 0 atom stereocenters. The lowest BCUT2D eigenvalue weighted by molar-refractivity contribution is 0.100. The number of benzene rings is 1. The highest BCUT2D eigenvalue weighted by Crippen LogP contribution is 2.28. The molecule has 3 rings (SSSR count). The van der Waals surface area contributed by atoms with Crippen molar-refractivity contribution in [1.29, 1.82) is 0 Å². The zero-order chi connectivity index (χ0) is 18.8. The van der Waals surface area contributed by atoms with E-state index in [0.717, 1.165) is 37.9 Å². The van der Waals surface area contributed by atoms with E-state index < -0.39 is 5.91 Å². The number of fused-ring (bicyclic) bond motifs is 1. The average molecular weight is 358 g/mol. The van der Waals surface area contributed by atoms with Crippen molar-refractivity contribution in [2.45, 2.75) is 39.7 Å². The van der Waals surface area contributed by atoms with E-state index in [1.165, 1.54) is 6.07 Å². The van der Waals surface area contributed by atoms with Crippen molar-refractivity contribution in [3.63, 3.8) is 0 Å². The summed E-state index contributed by atoms with van der Waals surface area (Å²) >= 11 is 0. The molecule has 0 radical (unpaired) electrons. The van der Waals surface area contributed by atoms with Gasteiger partial charge in [0.1, 0.15) is 11.6 Å². The van der Waals surface area contributed by atoms with Crippen LogP contribution in [0.2, 0.25) is 0 Å². The summed E-state index contributed by atoms with van der Waals surface area (Å²) in [5, 5.41) is 4.32. The Balaban J connectivity index is 1.88. The summed E-state index contributed by atoms with van der Waals surface area (Å²) < 4.78 is 13.9. The molecule has 1 aliphatic heterocycles. The quantitative estimate of drug-likeness (QED) is 0.862. The largest absolute Gasteiger partial charge is 0.365 e. The zero-order valence-electron chi connectivity index (χ0n) is 15.7. The number of primary amides is 1. The number of amides is 1. The second-order valence-corrected chi connectivity index (χ2v) is 7.53. The molecule has 2 heterocycles. The summed E-state index contributed by atoms with van der Waals surface area (Å²) in [6.07, 6.45) is 1.96. The van der Waals surface area contributed by atoms with Crippen LogP contribution in [-0.2, 0) is 0 Å². The molecule has 3 N–H and O–H groups in total. The molecule has 26 heavy (non-hydrogen) atoms. The summed E-state index contributed by atoms with van der Waals surface area (Å²) in [7, 11) is 0. The first-order valence-electron chi connectivity index (χ1n) is 9.24. The van der Waals surface area contributed by atoms with Crippen molar-refractivity contribution in [3.05, 3.63) is 35.1 Å². The van der Waals surface area contributed by atoms with Gasteiger partial charge in [-0.15, -0.1) is 0 Å². The van der Waals surface area contributed by atoms with E-state index >= 15 is 0 Å². The minimum Gasteiger partial charge on any atom is -0.365 e. The number of rotatable bonds is 5. The Morgan fingerprint density at radius 3 is 2.69 bits per heavy atom. The Kier molecular flexibility index (Phi) is 5.41. The van der Waals surface area contributed by atoms with Gasteiger partial charge < -0.3 is 16.0 Å². The van der Waals surface area contributed by atoms with Gasteiger partial charge in [0.05, 0.1) is 11.1 Å². The predicted octanol–water partition coefficient (Wildman–Crippen LogP) is 3.00. The first kappa shape index (κ1) is 18.6. The van der Waals surface area contributed by atoms with Crippen LogP contribution in [0.4, 0.5) is 10.2 Å². The van der Waals surface area contributed by atoms with Crippen LogP contribution in [0.1, 0.15) is 42.6 Å². The molecule has 1 aromatic heterocycles. The number of hydrogen-bond acceptors (Lipinski definition) is 4. The Bertz CT molecular complexity index is 813. The first-order chi connectivity index (χ1) is 12.4. The molecule has 0 saturated carbocycles. The monoisotopic (exact) mass is 358 g/mol. The Labute approximate surface area is 153 Å². The van der Waals surface area contributed by atoms with Crippen LogP contribution in [0.3, 0.4) is 0 Å². The highest BCUT2D eigenvalue weighted by atomic mass is 19.1. The number of carbonyl (C=O) groups is 1. The van der Waals surface area contributed by atoms with Crippen LogP contribution in [-0.4, -0.2) is 36.6 Å². The van der Waals surface area contributed by atoms with Gasteiger partial charge in [-0.3, -0.25) is 4.79 Å². The van der Waals surface area contributed by atoms with Gasteiger partial charge in [0, 0.05) is 30.1 Å². The molecule has 0 aliphatic carbocycles. The SMILES string of the molecule is Cc1c(F)ccc2cc(C(N)=O)c(N3CCC(NCC(C)C)CC3)nc12. The maximum absolute atomic E-state index is 13.9. The second-order valence-electron chi connectivity index (χ2n) is 7.53. The highest BCUT2D eigenvalue weighted by Gasteiger charge is 2.24. The van der Waals surface area contributed by atoms with E-state index in [9.17, 15) is 9.18 Å². The molecular weight excluding hydrogens is 331 g/mol. The van der Waals surface area contributed by atoms with Crippen LogP contribution >= 0.6 is 0 Å². The van der Waals surface area contributed by atoms with Crippen LogP contribution in [0.5, 0.6) is 0 Å². The Morgan fingerprint density at radius 2 is 2.08 bits per heavy atom. The third-order valence-electron chi connectivity index (χ3n) is 5.03. The second kappa shape index (κ2) is 7.58. The number of nitrogens with one attached hydrogen (secondary N) is 1. The molecule has 1 saturated heterocycles. The lowest BCUT2D eigenvalue weighted by Gasteiger charge is -2.34. The molecule has 5 nitrogen and oxygen atoms in total. The molecule has 1 amide bonds. The summed E-state index contributed by atoms with van der Waals surface area (Å²) in [6, 6.07) is 5.25. The van der Waals surface area contributed by atoms with Crippen molar-refractivity contribution < 1.29 is 9.18 Å². The number of nitrogens with two attached hydrogens (primary N) is 1. The lowest BCUT2D eigenvalue weighted by Crippen LogP contribution is -2.44. The van der Waals surface area contributed by atoms with Gasteiger partial charge in [-0.05, 0) is 50.4 Å². The van der Waals surface area contributed by atoms with Gasteiger partial charge >= 0.3 is 0 Å². The van der Waals surface area contributed by atoms with E-state index in [-0.39, 0.29) is 5.82 Å². The lowest BCUT2D eigenvalue weighted by atomic mass is 10.0. The fourth-order valence-corrected chi connectivity index (χ4v) is 3.47. The standard InChI is InChI=1S/C20H27FN4O/c1-12(2)11-23-15-6-8-25(9-7-15)20-16(19(22)26)10-14-4-5-17(21)13(3)18(14)24-20/h4-5,10,12,15,23H,6-9,11H2,1-3H3,(H2,22,26). The molecule has 1 aliphatic rings. The Morgan fingerprint density at radius 1 is 1.38 bits per heavy atom. The van der Waals surface area contributed by atoms with Crippen molar-refractivity contribution in [3.8, 4) is 0 Å².